The molecular formula is C45H41Br2F3N10O14S2. The fourth-order valence-corrected chi connectivity index (χ4v) is 9.08. The first kappa shape index (κ1) is 56.9. The smallest absolute Gasteiger partial charge is 0.466 e. The molecule has 31 heteroatoms. The van der Waals surface area contributed by atoms with Gasteiger partial charge in [-0.1, -0.05) is 48.2 Å². The van der Waals surface area contributed by atoms with Crippen molar-refractivity contribution in [2.75, 3.05) is 30.1 Å². The van der Waals surface area contributed by atoms with Crippen LogP contribution in [0.25, 0.3) is 22.3 Å². The van der Waals surface area contributed by atoms with Crippen LogP contribution in [0.4, 0.5) is 24.8 Å². The third-order valence-corrected chi connectivity index (χ3v) is 12.8. The van der Waals surface area contributed by atoms with Gasteiger partial charge in [0.05, 0.1) is 0 Å². The Hall–Kier alpha value is -6.77. The molecule has 6 heterocycles. The summed E-state index contributed by atoms with van der Waals surface area (Å²) in [7, 11) is 0. The molecule has 402 valence electrons. The minimum atomic E-state index is -5.16. The number of halogens is 5. The molecule has 4 aromatic heterocycles. The normalized spacial score (nSPS) is 21.0. The van der Waals surface area contributed by atoms with E-state index in [1.54, 1.807) is 71.5 Å². The molecule has 2 aromatic carbocycles. The Kier molecular flexibility index (Phi) is 18.7. The van der Waals surface area contributed by atoms with Gasteiger partial charge in [0.15, 0.2) is 80.3 Å². The van der Waals surface area contributed by atoms with Crippen LogP contribution in [0.2, 0.25) is 0 Å². The van der Waals surface area contributed by atoms with Crippen LogP contribution < -0.4 is 10.6 Å². The van der Waals surface area contributed by atoms with Gasteiger partial charge < -0.3 is 43.8 Å². The molecule has 2 aliphatic heterocycles. The van der Waals surface area contributed by atoms with E-state index in [1.165, 1.54) is 31.9 Å². The summed E-state index contributed by atoms with van der Waals surface area (Å²) in [5.74, 6) is -3.50. The van der Waals surface area contributed by atoms with Crippen molar-refractivity contribution in [2.24, 2.45) is 0 Å². The second-order valence-corrected chi connectivity index (χ2v) is 18.7. The van der Waals surface area contributed by atoms with E-state index in [2.05, 4.69) is 77.1 Å². The Balaban J connectivity index is 0.000000221. The number of carbonyl (C=O) groups excluding carboxylic acids is 6. The van der Waals surface area contributed by atoms with Crippen molar-refractivity contribution in [3.63, 3.8) is 0 Å². The van der Waals surface area contributed by atoms with E-state index < -0.39 is 91.8 Å². The number of imidazole rings is 2. The number of thioether (sulfide) groups is 1. The van der Waals surface area contributed by atoms with Crippen LogP contribution in [-0.4, -0.2) is 142 Å². The number of nitrogens with one attached hydrogen (secondary N) is 2. The molecule has 0 bridgehead atoms. The predicted octanol–water partition coefficient (Wildman–Crippen LogP) is 6.40. The van der Waals surface area contributed by atoms with Crippen LogP contribution in [0, 0.1) is 0 Å². The minimum absolute atomic E-state index is 0.0190. The standard InChI is InChI=1S/C23H22BrN5O7S2.C22H19BrF3N5O7/c1-11(30)33-9-14-16(34-12(2)31)17(36-23(37)38-3)21(35-14)29-19-15(27-22(29)24)18(25-10-26-19)28-20(32)13-7-5-4-6-8-13;1-10(32)35-8-13-15(36-11(2)33)16(38-22(24,25)26)20(37-13)31-18-14(29-21(31)23)17(27-9-28-18)30-19(34)12-6-4-3-5-7-12/h4-8,10,14,16-17,21H,9H2,1-3H3,(H,25,26,28,32);3-7,9,13,15-16,20H,8H2,1-2H3,(H,27,28,30,34)/t14-,16+,17?,21-;13-,15+,16?,20-/m11/s1. The quantitative estimate of drug-likeness (QED) is 0.0516. The lowest BCUT2D eigenvalue weighted by Crippen LogP contribution is -2.42. The van der Waals surface area contributed by atoms with Crippen LogP contribution in [0.15, 0.2) is 82.8 Å². The highest BCUT2D eigenvalue weighted by atomic mass is 79.9. The van der Waals surface area contributed by atoms with Crippen LogP contribution in [-0.2, 0) is 57.1 Å². The molecule has 2 aliphatic rings. The molecule has 0 saturated carbocycles. The van der Waals surface area contributed by atoms with Crippen LogP contribution >= 0.6 is 55.8 Å². The third-order valence-electron chi connectivity index (χ3n) is 10.7. The summed E-state index contributed by atoms with van der Waals surface area (Å²) in [6.45, 7) is 3.87. The van der Waals surface area contributed by atoms with Gasteiger partial charge in [0.2, 0.25) is 4.38 Å². The average Bonchev–Trinajstić information content (AvgIpc) is 4.09. The zero-order valence-corrected chi connectivity index (χ0v) is 44.8. The number of aromatic nitrogens is 8. The molecule has 0 radical (unpaired) electrons. The summed E-state index contributed by atoms with van der Waals surface area (Å²) in [5, 5.41) is 5.34. The highest BCUT2D eigenvalue weighted by Crippen LogP contribution is 2.42. The monoisotopic (exact) mass is 1220 g/mol. The molecule has 76 heavy (non-hydrogen) atoms. The number of nitrogens with zero attached hydrogens (tertiary/aromatic N) is 8. The number of alkyl halides is 3. The van der Waals surface area contributed by atoms with Crippen molar-refractivity contribution < 1.29 is 79.8 Å². The molecule has 0 aliphatic carbocycles. The van der Waals surface area contributed by atoms with Crippen molar-refractivity contribution in [1.82, 2.24) is 39.0 Å². The molecule has 8 atom stereocenters. The van der Waals surface area contributed by atoms with Gasteiger partial charge in [-0.15, -0.1) is 13.2 Å². The van der Waals surface area contributed by atoms with Crippen molar-refractivity contribution in [1.29, 1.82) is 0 Å². The summed E-state index contributed by atoms with van der Waals surface area (Å²) >= 11 is 13.1. The maximum absolute atomic E-state index is 13.4. The lowest BCUT2D eigenvalue weighted by atomic mass is 10.1. The topological polar surface area (TPSA) is 288 Å². The number of amides is 2. The first-order valence-electron chi connectivity index (χ1n) is 22.0. The number of benzene rings is 2. The van der Waals surface area contributed by atoms with E-state index in [0.717, 1.165) is 24.7 Å². The van der Waals surface area contributed by atoms with E-state index in [1.807, 2.05) is 0 Å². The van der Waals surface area contributed by atoms with Crippen molar-refractivity contribution in [2.45, 2.75) is 83.1 Å². The Morgan fingerprint density at radius 2 is 1.04 bits per heavy atom. The number of thiocarbonyl (C=S) groups is 1. The molecule has 24 nitrogen and oxygen atoms in total. The molecule has 6 aromatic rings. The Labute approximate surface area is 453 Å². The summed E-state index contributed by atoms with van der Waals surface area (Å²) in [5.41, 5.74) is 1.31. The van der Waals surface area contributed by atoms with Crippen LogP contribution in [0.1, 0.15) is 60.9 Å². The molecule has 2 fully saturated rings. The van der Waals surface area contributed by atoms with Gasteiger partial charge in [-0.3, -0.25) is 42.6 Å². The van der Waals surface area contributed by atoms with Gasteiger partial charge in [0.25, 0.3) is 11.8 Å². The summed E-state index contributed by atoms with van der Waals surface area (Å²) < 4.78 is 86.4. The maximum atomic E-state index is 13.4. The predicted molar refractivity (Wildman–Crippen MR) is 269 cm³/mol. The Morgan fingerprint density at radius 1 is 0.632 bits per heavy atom. The zero-order chi connectivity index (χ0) is 55.0. The fraction of sp³-hybridized carbons (Fsp3) is 0.356. The number of fused-ring (bicyclic) bond motifs is 2. The van der Waals surface area contributed by atoms with E-state index >= 15 is 0 Å². The van der Waals surface area contributed by atoms with E-state index in [0.29, 0.717) is 16.8 Å². The molecule has 8 rings (SSSR count). The van der Waals surface area contributed by atoms with Gasteiger partial charge >= 0.3 is 30.2 Å². The highest BCUT2D eigenvalue weighted by Gasteiger charge is 2.55. The Morgan fingerprint density at radius 3 is 1.42 bits per heavy atom. The second kappa shape index (κ2) is 24.9. The third kappa shape index (κ3) is 13.8. The SMILES string of the molecule is CC(=O)OC[C@H]1O[C@@H](n2c(Br)nc3c(NC(=O)c4ccccc4)ncnc32)C(OC(F)(F)F)[C@H]1OC(C)=O.CSC(=S)OC1[C@@H](OC(C)=O)[C@@H](COC(C)=O)O[C@H]1n1c(Br)nc2c(NC(=O)c3ccccc3)ncnc21. The molecule has 2 unspecified atom stereocenters. The minimum Gasteiger partial charge on any atom is -0.466 e. The van der Waals surface area contributed by atoms with E-state index in [-0.39, 0.29) is 54.7 Å². The Bertz CT molecular complexity index is 3150. The van der Waals surface area contributed by atoms with Gasteiger partial charge in [0, 0.05) is 38.8 Å². The number of ether oxygens (including phenoxy) is 8. The molecular weight excluding hydrogens is 1190 g/mol. The lowest BCUT2D eigenvalue weighted by molar-refractivity contribution is -0.356. The van der Waals surface area contributed by atoms with Gasteiger partial charge in [-0.25, -0.2) is 29.9 Å². The number of hydrogen-bond acceptors (Lipinski definition) is 22. The average molecular weight is 1230 g/mol. The maximum Gasteiger partial charge on any atom is 0.523 e. The van der Waals surface area contributed by atoms with E-state index in [4.69, 9.17) is 45.4 Å². The number of hydrogen-bond donors (Lipinski definition) is 2. The van der Waals surface area contributed by atoms with E-state index in [9.17, 15) is 41.9 Å². The first-order chi connectivity index (χ1) is 36.1. The molecule has 0 spiro atoms. The lowest BCUT2D eigenvalue weighted by Gasteiger charge is -2.25. The number of carbonyl (C=O) groups is 6. The van der Waals surface area contributed by atoms with Crippen LogP contribution in [0.5, 0.6) is 0 Å². The van der Waals surface area contributed by atoms with Crippen molar-refractivity contribution >= 4 is 130 Å². The van der Waals surface area contributed by atoms with Crippen molar-refractivity contribution in [3.05, 3.63) is 93.9 Å². The summed E-state index contributed by atoms with van der Waals surface area (Å²) in [6.07, 6.45) is -11.4. The number of rotatable bonds is 14. The van der Waals surface area contributed by atoms with Crippen LogP contribution in [0.3, 0.4) is 0 Å². The number of esters is 4. The van der Waals surface area contributed by atoms with Gasteiger partial charge in [0.1, 0.15) is 38.1 Å². The fourth-order valence-electron chi connectivity index (χ4n) is 7.67. The summed E-state index contributed by atoms with van der Waals surface area (Å²) in [4.78, 5) is 97.3. The van der Waals surface area contributed by atoms with Gasteiger partial charge in [-0.05, 0) is 74.6 Å². The first-order valence-corrected chi connectivity index (χ1v) is 25.3. The zero-order valence-electron chi connectivity index (χ0n) is 40.0. The highest BCUT2D eigenvalue weighted by molar-refractivity contribution is 9.10. The number of anilines is 2. The molecule has 2 N–H and O–H groups in total. The molecule has 2 amide bonds. The van der Waals surface area contributed by atoms with Crippen molar-refractivity contribution in [3.8, 4) is 0 Å². The second-order valence-electron chi connectivity index (χ2n) is 15.9. The summed E-state index contributed by atoms with van der Waals surface area (Å²) in [6, 6.07) is 16.9. The van der Waals surface area contributed by atoms with Gasteiger partial charge in [-0.2, -0.15) is 0 Å². The largest absolute Gasteiger partial charge is 0.523 e. The molecule has 2 saturated heterocycles.